The zero-order valence-corrected chi connectivity index (χ0v) is 32.9. The first kappa shape index (κ1) is 41.1. The number of pyridine rings is 1. The van der Waals surface area contributed by atoms with E-state index in [9.17, 15) is 45.2 Å². The van der Waals surface area contributed by atoms with Crippen LogP contribution in [0.25, 0.3) is 10.9 Å². The molecule has 0 radical (unpaired) electrons. The number of para-hydroxylation sites is 1. The Kier molecular flexibility index (Phi) is 9.55. The summed E-state index contributed by atoms with van der Waals surface area (Å²) >= 11 is 0. The predicted octanol–water partition coefficient (Wildman–Crippen LogP) is 5.29. The smallest absolute Gasteiger partial charge is 0.408 e. The molecule has 6 atom stereocenters. The van der Waals surface area contributed by atoms with Gasteiger partial charge in [-0.15, -0.1) is 0 Å². The van der Waals surface area contributed by atoms with E-state index in [0.29, 0.717) is 32.1 Å². The van der Waals surface area contributed by atoms with Gasteiger partial charge >= 0.3 is 17.9 Å². The Bertz CT molecular complexity index is 2270. The number of nitrogens with zero attached hydrogens (tertiary/aromatic N) is 2. The first-order chi connectivity index (χ1) is 27.5. The average molecular weight is 856 g/mol. The molecule has 3 N–H and O–H groups in total. The molecule has 8 rings (SSSR count). The monoisotopic (exact) mass is 855 g/mol. The lowest BCUT2D eigenvalue weighted by Gasteiger charge is -2.42. The van der Waals surface area contributed by atoms with Crippen molar-refractivity contribution in [3.05, 3.63) is 47.7 Å². The number of halogens is 6. The highest BCUT2D eigenvalue weighted by Crippen LogP contribution is 2.55. The Balaban J connectivity index is 1.14. The molecule has 3 aliphatic carbocycles. The lowest BCUT2D eigenvalue weighted by Crippen LogP contribution is -2.64. The van der Waals surface area contributed by atoms with Crippen molar-refractivity contribution in [3.63, 3.8) is 0 Å². The van der Waals surface area contributed by atoms with Gasteiger partial charge in [-0.25, -0.2) is 27.0 Å². The van der Waals surface area contributed by atoms with Gasteiger partial charge in [0, 0.05) is 17.7 Å². The van der Waals surface area contributed by atoms with Crippen LogP contribution in [0.2, 0.25) is 0 Å². The minimum Gasteiger partial charge on any atom is -0.483 e. The maximum atomic E-state index is 16.6. The fourth-order valence-corrected chi connectivity index (χ4v) is 10.1. The third-order valence-corrected chi connectivity index (χ3v) is 14.9. The number of sulfonamides is 1. The molecule has 4 fully saturated rings. The molecule has 20 heteroatoms. The molecule has 320 valence electrons. The average Bonchev–Trinajstić information content (AvgIpc) is 4.04. The van der Waals surface area contributed by atoms with Crippen LogP contribution in [0.15, 0.2) is 36.4 Å². The molecule has 2 aromatic rings. The molecular formula is C39H43F6N5O8S. The SMILES string of the molecule is Cc1nc2ccccc2c2c1OC1(CC3C(=O)NC4(C(=O)NS(=O)(=O)C5(C)CC5)CC4C=CCCCCCC(NC(=O)OC4CC(F)(F)C4(F)F)C(=O)N3C1)CC2(F)F. The van der Waals surface area contributed by atoms with Crippen LogP contribution in [-0.4, -0.2) is 94.6 Å². The third kappa shape index (κ3) is 6.95. The van der Waals surface area contributed by atoms with Gasteiger partial charge in [0.2, 0.25) is 21.8 Å². The minimum atomic E-state index is -4.66. The number of carbonyl (C=O) groups is 4. The first-order valence-corrected chi connectivity index (χ1v) is 21.1. The Morgan fingerprint density at radius 1 is 1.02 bits per heavy atom. The summed E-state index contributed by atoms with van der Waals surface area (Å²) in [5.74, 6) is -16.6. The summed E-state index contributed by atoms with van der Waals surface area (Å²) in [6.45, 7) is 2.30. The number of alkyl carbamates (subject to hydrolysis) is 1. The van der Waals surface area contributed by atoms with E-state index in [2.05, 4.69) is 25.1 Å². The number of aromatic nitrogens is 1. The molecule has 1 spiro atoms. The van der Waals surface area contributed by atoms with Crippen LogP contribution >= 0.6 is 0 Å². The second-order valence-electron chi connectivity index (χ2n) is 17.1. The van der Waals surface area contributed by atoms with Crippen LogP contribution in [0.3, 0.4) is 0 Å². The molecule has 3 saturated carbocycles. The molecule has 4 heterocycles. The molecule has 59 heavy (non-hydrogen) atoms. The van der Waals surface area contributed by atoms with Crippen molar-refractivity contribution in [2.24, 2.45) is 5.92 Å². The van der Waals surface area contributed by atoms with Gasteiger partial charge in [0.1, 0.15) is 23.2 Å². The van der Waals surface area contributed by atoms with Gasteiger partial charge in [0.15, 0.2) is 11.9 Å². The van der Waals surface area contributed by atoms with Gasteiger partial charge in [0.25, 0.3) is 11.8 Å². The number of hydrogen-bond donors (Lipinski definition) is 3. The quantitative estimate of drug-likeness (QED) is 0.267. The number of allylic oxidation sites excluding steroid dienone is 1. The summed E-state index contributed by atoms with van der Waals surface area (Å²) in [5, 5.41) is 4.97. The molecule has 6 unspecified atom stereocenters. The predicted molar refractivity (Wildman–Crippen MR) is 196 cm³/mol. The summed E-state index contributed by atoms with van der Waals surface area (Å²) < 4.78 is 127. The number of fused-ring (bicyclic) bond motifs is 5. The largest absolute Gasteiger partial charge is 0.483 e. The van der Waals surface area contributed by atoms with Crippen LogP contribution in [0, 0.1) is 12.8 Å². The van der Waals surface area contributed by atoms with E-state index < -0.39 is 123 Å². The van der Waals surface area contributed by atoms with Crippen molar-refractivity contribution in [1.29, 1.82) is 0 Å². The van der Waals surface area contributed by atoms with Gasteiger partial charge in [0.05, 0.1) is 40.9 Å². The molecular weight excluding hydrogens is 813 g/mol. The zero-order valence-electron chi connectivity index (χ0n) is 32.1. The molecule has 4 amide bonds. The number of carbonyl (C=O) groups excluding carboxylic acids is 4. The summed E-state index contributed by atoms with van der Waals surface area (Å²) in [4.78, 5) is 61.4. The van der Waals surface area contributed by atoms with E-state index in [0.717, 1.165) is 4.90 Å². The fraction of sp³-hybridized carbons (Fsp3) is 0.615. The van der Waals surface area contributed by atoms with E-state index >= 15 is 8.78 Å². The Morgan fingerprint density at radius 2 is 1.75 bits per heavy atom. The van der Waals surface area contributed by atoms with Gasteiger partial charge < -0.3 is 25.0 Å². The summed E-state index contributed by atoms with van der Waals surface area (Å²) in [5.41, 5.74) is -3.79. The normalized spacial score (nSPS) is 32.8. The van der Waals surface area contributed by atoms with E-state index in [1.165, 1.54) is 19.9 Å². The third-order valence-electron chi connectivity index (χ3n) is 12.7. The summed E-state index contributed by atoms with van der Waals surface area (Å²) in [7, 11) is -4.17. The van der Waals surface area contributed by atoms with Gasteiger partial charge in [-0.1, -0.05) is 43.2 Å². The Labute approximate surface area is 335 Å². The van der Waals surface area contributed by atoms with Crippen LogP contribution in [0.1, 0.15) is 88.8 Å². The van der Waals surface area contributed by atoms with Crippen molar-refractivity contribution in [2.45, 2.75) is 136 Å². The second-order valence-corrected chi connectivity index (χ2v) is 19.3. The van der Waals surface area contributed by atoms with Gasteiger partial charge in [-0.05, 0) is 58.4 Å². The number of amides is 4. The number of hydrogen-bond acceptors (Lipinski definition) is 9. The number of rotatable bonds is 5. The van der Waals surface area contributed by atoms with Crippen molar-refractivity contribution in [2.75, 3.05) is 6.54 Å². The van der Waals surface area contributed by atoms with Crippen molar-refractivity contribution >= 4 is 44.7 Å². The first-order valence-electron chi connectivity index (χ1n) is 19.6. The Morgan fingerprint density at radius 3 is 2.44 bits per heavy atom. The van der Waals surface area contributed by atoms with E-state index in [1.807, 2.05) is 0 Å². The topological polar surface area (TPSA) is 173 Å². The van der Waals surface area contributed by atoms with E-state index in [4.69, 9.17) is 4.74 Å². The highest BCUT2D eigenvalue weighted by atomic mass is 32.2. The second kappa shape index (κ2) is 13.7. The van der Waals surface area contributed by atoms with Crippen LogP contribution in [-0.2, 0) is 35.1 Å². The number of ether oxygens (including phenoxy) is 2. The standard InChI is InChI=1S/C39H43F6N5O8S/c1-21-29-28(23-11-8-9-12-24(23)46-21)37(40,41)19-35(58-29)17-26-30(51)48-36(32(53)49-59(55,56)34(2)14-15-34)16-22(36)10-6-4-3-5-7-13-25(31(52)50(26)20-35)47-33(54)57-27-18-38(42,43)39(27,44)45/h6,8-12,22,25-27H,3-5,7,13-20H2,1-2H3,(H,47,54)(H,48,51)(H,49,53). The number of nitrogens with one attached hydrogen (secondary N) is 3. The molecule has 3 aliphatic heterocycles. The summed E-state index contributed by atoms with van der Waals surface area (Å²) in [6, 6.07) is 2.97. The van der Waals surface area contributed by atoms with Crippen LogP contribution in [0.4, 0.5) is 31.1 Å². The molecule has 1 aromatic carbocycles. The van der Waals surface area contributed by atoms with E-state index in [1.54, 1.807) is 30.4 Å². The Hall–Kier alpha value is -4.62. The molecule has 0 bridgehead atoms. The molecule has 13 nitrogen and oxygen atoms in total. The lowest BCUT2D eigenvalue weighted by molar-refractivity contribution is -0.329. The lowest BCUT2D eigenvalue weighted by atomic mass is 9.84. The van der Waals surface area contributed by atoms with Crippen LogP contribution in [0.5, 0.6) is 5.75 Å². The number of aryl methyl sites for hydroxylation is 1. The zero-order chi connectivity index (χ0) is 42.6. The maximum Gasteiger partial charge on any atom is 0.408 e. The maximum absolute atomic E-state index is 16.6. The van der Waals surface area contributed by atoms with Crippen molar-refractivity contribution in [1.82, 2.24) is 25.2 Å². The molecule has 1 saturated heterocycles. The van der Waals surface area contributed by atoms with Gasteiger partial charge in [-0.2, -0.15) is 17.6 Å². The number of alkyl halides is 6. The van der Waals surface area contributed by atoms with E-state index in [-0.39, 0.29) is 41.6 Å². The highest BCUT2D eigenvalue weighted by molar-refractivity contribution is 7.91. The van der Waals surface area contributed by atoms with Gasteiger partial charge in [-0.3, -0.25) is 19.1 Å². The molecule has 6 aliphatic rings. The minimum absolute atomic E-state index is 0.0140. The summed E-state index contributed by atoms with van der Waals surface area (Å²) in [6.07, 6.45) is -1.47. The number of benzene rings is 1. The van der Waals surface area contributed by atoms with Crippen molar-refractivity contribution < 1.29 is 63.4 Å². The fourth-order valence-electron chi connectivity index (χ4n) is 8.76. The van der Waals surface area contributed by atoms with Crippen LogP contribution < -0.4 is 20.1 Å². The highest BCUT2D eigenvalue weighted by Gasteiger charge is 2.74. The van der Waals surface area contributed by atoms with Crippen molar-refractivity contribution in [3.8, 4) is 5.75 Å². The molecule has 1 aromatic heterocycles.